The van der Waals surface area contributed by atoms with Crippen LogP contribution in [0.1, 0.15) is 50.7 Å². The summed E-state index contributed by atoms with van der Waals surface area (Å²) in [7, 11) is 0. The van der Waals surface area contributed by atoms with Crippen LogP contribution < -0.4 is 11.5 Å². The molecule has 2 nitrogen and oxygen atoms in total. The molecule has 0 unspecified atom stereocenters. The highest BCUT2D eigenvalue weighted by molar-refractivity contribution is 5.83. The van der Waals surface area contributed by atoms with Gasteiger partial charge in [0.25, 0.3) is 0 Å². The van der Waals surface area contributed by atoms with Gasteiger partial charge in [0.1, 0.15) is 0 Å². The molecule has 0 fully saturated rings. The zero-order valence-electron chi connectivity index (χ0n) is 16.1. The molecule has 0 saturated carbocycles. The quantitative estimate of drug-likeness (QED) is 0.536. The lowest BCUT2D eigenvalue weighted by Crippen LogP contribution is -1.99. The molecule has 0 saturated heterocycles. The first-order valence-electron chi connectivity index (χ1n) is 9.27. The normalized spacial score (nSPS) is 11.3. The van der Waals surface area contributed by atoms with Crippen LogP contribution in [0, 0.1) is 0 Å². The number of nitrogen functional groups attached to an aromatic ring is 2. The third-order valence-corrected chi connectivity index (χ3v) is 4.95. The zero-order valence-corrected chi connectivity index (χ0v) is 16.1. The van der Waals surface area contributed by atoms with Gasteiger partial charge in [-0.1, -0.05) is 70.2 Å². The van der Waals surface area contributed by atoms with Crippen LogP contribution in [-0.4, -0.2) is 0 Å². The van der Waals surface area contributed by atoms with Crippen molar-refractivity contribution in [3.63, 3.8) is 0 Å². The van der Waals surface area contributed by atoms with Gasteiger partial charge in [0.05, 0.1) is 0 Å². The fourth-order valence-corrected chi connectivity index (χ4v) is 3.52. The minimum absolute atomic E-state index is 0.402. The second-order valence-electron chi connectivity index (χ2n) is 7.55. The Morgan fingerprint density at radius 1 is 0.615 bits per heavy atom. The molecule has 0 aliphatic rings. The Bertz CT molecular complexity index is 923. The summed E-state index contributed by atoms with van der Waals surface area (Å²) >= 11 is 0. The summed E-state index contributed by atoms with van der Waals surface area (Å²) in [6.07, 6.45) is 0. The standard InChI is InChI=1S/C24H28N2/c1-15(2)20-12-11-19(25)14-23(20)18-8-5-7-17(13-18)22-10-6-9-21(16(3)4)24(22)26/h5-16H,25-26H2,1-4H3. The Morgan fingerprint density at radius 2 is 1.23 bits per heavy atom. The number of anilines is 2. The van der Waals surface area contributed by atoms with Gasteiger partial charge >= 0.3 is 0 Å². The van der Waals surface area contributed by atoms with Crippen LogP contribution >= 0.6 is 0 Å². The van der Waals surface area contributed by atoms with E-state index in [2.05, 4.69) is 82.3 Å². The van der Waals surface area contributed by atoms with E-state index in [0.29, 0.717) is 11.8 Å². The number of hydrogen-bond acceptors (Lipinski definition) is 2. The van der Waals surface area contributed by atoms with Crippen LogP contribution in [0.5, 0.6) is 0 Å². The molecule has 4 N–H and O–H groups in total. The SMILES string of the molecule is CC(C)c1ccc(N)cc1-c1cccc(-c2cccc(C(C)C)c2N)c1. The molecule has 0 atom stereocenters. The lowest BCUT2D eigenvalue weighted by Gasteiger charge is -2.17. The molecule has 0 amide bonds. The maximum atomic E-state index is 6.49. The third-order valence-electron chi connectivity index (χ3n) is 4.95. The van der Waals surface area contributed by atoms with Crippen molar-refractivity contribution < 1.29 is 0 Å². The molecule has 0 aliphatic carbocycles. The maximum absolute atomic E-state index is 6.49. The molecular weight excluding hydrogens is 316 g/mol. The molecule has 2 heteroatoms. The van der Waals surface area contributed by atoms with Crippen LogP contribution in [0.25, 0.3) is 22.3 Å². The summed E-state index contributed by atoms with van der Waals surface area (Å²) in [6, 6.07) is 21.1. The maximum Gasteiger partial charge on any atom is 0.0428 e. The van der Waals surface area contributed by atoms with Crippen molar-refractivity contribution in [1.29, 1.82) is 0 Å². The summed E-state index contributed by atoms with van der Waals surface area (Å²) in [4.78, 5) is 0. The lowest BCUT2D eigenvalue weighted by molar-refractivity contribution is 0.869. The summed E-state index contributed by atoms with van der Waals surface area (Å²) in [5, 5.41) is 0. The lowest BCUT2D eigenvalue weighted by atomic mass is 9.89. The molecule has 0 heterocycles. The Balaban J connectivity index is 2.14. The van der Waals surface area contributed by atoms with Crippen molar-refractivity contribution in [2.45, 2.75) is 39.5 Å². The fourth-order valence-electron chi connectivity index (χ4n) is 3.52. The average molecular weight is 345 g/mol. The van der Waals surface area contributed by atoms with Crippen molar-refractivity contribution in [3.05, 3.63) is 71.8 Å². The summed E-state index contributed by atoms with van der Waals surface area (Å²) < 4.78 is 0. The van der Waals surface area contributed by atoms with Gasteiger partial charge in [-0.05, 0) is 57.9 Å². The van der Waals surface area contributed by atoms with Crippen LogP contribution in [0.2, 0.25) is 0 Å². The highest BCUT2D eigenvalue weighted by atomic mass is 14.6. The predicted molar refractivity (Wildman–Crippen MR) is 114 cm³/mol. The molecule has 26 heavy (non-hydrogen) atoms. The molecule has 0 spiro atoms. The highest BCUT2D eigenvalue weighted by Crippen LogP contribution is 2.36. The molecule has 3 rings (SSSR count). The van der Waals surface area contributed by atoms with Gasteiger partial charge in [0.15, 0.2) is 0 Å². The van der Waals surface area contributed by atoms with Crippen LogP contribution in [-0.2, 0) is 0 Å². The van der Waals surface area contributed by atoms with E-state index in [-0.39, 0.29) is 0 Å². The summed E-state index contributed by atoms with van der Waals surface area (Å²) in [5.41, 5.74) is 21.3. The van der Waals surface area contributed by atoms with Gasteiger partial charge < -0.3 is 11.5 Å². The summed E-state index contributed by atoms with van der Waals surface area (Å²) in [5.74, 6) is 0.836. The Morgan fingerprint density at radius 3 is 1.88 bits per heavy atom. The van der Waals surface area contributed by atoms with Crippen molar-refractivity contribution >= 4 is 11.4 Å². The second-order valence-corrected chi connectivity index (χ2v) is 7.55. The van der Waals surface area contributed by atoms with E-state index in [1.54, 1.807) is 0 Å². The number of hydrogen-bond donors (Lipinski definition) is 2. The van der Waals surface area contributed by atoms with Gasteiger partial charge in [-0.15, -0.1) is 0 Å². The largest absolute Gasteiger partial charge is 0.399 e. The minimum Gasteiger partial charge on any atom is -0.399 e. The Kier molecular flexibility index (Phi) is 5.03. The van der Waals surface area contributed by atoms with Crippen LogP contribution in [0.15, 0.2) is 60.7 Å². The Hall–Kier alpha value is -2.74. The fraction of sp³-hybridized carbons (Fsp3) is 0.250. The van der Waals surface area contributed by atoms with E-state index in [4.69, 9.17) is 11.5 Å². The second kappa shape index (κ2) is 7.25. The topological polar surface area (TPSA) is 52.0 Å². The molecular formula is C24H28N2. The van der Waals surface area contributed by atoms with E-state index < -0.39 is 0 Å². The zero-order chi connectivity index (χ0) is 18.8. The molecule has 0 aliphatic heterocycles. The van der Waals surface area contributed by atoms with Crippen LogP contribution in [0.3, 0.4) is 0 Å². The van der Waals surface area contributed by atoms with E-state index in [1.807, 2.05) is 6.07 Å². The monoisotopic (exact) mass is 344 g/mol. The first-order valence-corrected chi connectivity index (χ1v) is 9.27. The first-order chi connectivity index (χ1) is 12.4. The van der Waals surface area contributed by atoms with Crippen molar-refractivity contribution in [3.8, 4) is 22.3 Å². The van der Waals surface area contributed by atoms with Crippen molar-refractivity contribution in [2.24, 2.45) is 0 Å². The molecule has 0 bridgehead atoms. The molecule has 0 radical (unpaired) electrons. The molecule has 3 aromatic carbocycles. The smallest absolute Gasteiger partial charge is 0.0428 e. The van der Waals surface area contributed by atoms with E-state index >= 15 is 0 Å². The van der Waals surface area contributed by atoms with E-state index in [9.17, 15) is 0 Å². The Labute approximate surface area is 156 Å². The average Bonchev–Trinajstić information content (AvgIpc) is 2.61. The summed E-state index contributed by atoms with van der Waals surface area (Å²) in [6.45, 7) is 8.77. The third kappa shape index (κ3) is 3.45. The van der Waals surface area contributed by atoms with Gasteiger partial charge in [-0.3, -0.25) is 0 Å². The minimum atomic E-state index is 0.402. The van der Waals surface area contributed by atoms with E-state index in [0.717, 1.165) is 22.5 Å². The number of benzene rings is 3. The van der Waals surface area contributed by atoms with Crippen LogP contribution in [0.4, 0.5) is 11.4 Å². The number of nitrogens with two attached hydrogens (primary N) is 2. The predicted octanol–water partition coefficient (Wildman–Crippen LogP) is 6.43. The molecule has 0 aromatic heterocycles. The van der Waals surface area contributed by atoms with Gasteiger partial charge in [-0.2, -0.15) is 0 Å². The van der Waals surface area contributed by atoms with E-state index in [1.165, 1.54) is 22.3 Å². The van der Waals surface area contributed by atoms with Crippen molar-refractivity contribution in [2.75, 3.05) is 11.5 Å². The van der Waals surface area contributed by atoms with Gasteiger partial charge in [0, 0.05) is 16.9 Å². The van der Waals surface area contributed by atoms with Gasteiger partial charge in [-0.25, -0.2) is 0 Å². The van der Waals surface area contributed by atoms with Gasteiger partial charge in [0.2, 0.25) is 0 Å². The number of rotatable bonds is 4. The first kappa shape index (κ1) is 18.1. The molecule has 134 valence electrons. The highest BCUT2D eigenvalue weighted by Gasteiger charge is 2.13. The van der Waals surface area contributed by atoms with Crippen molar-refractivity contribution in [1.82, 2.24) is 0 Å². The number of para-hydroxylation sites is 1. The molecule has 3 aromatic rings.